The van der Waals surface area contributed by atoms with Gasteiger partial charge in [-0.15, -0.1) is 0 Å². The molecule has 0 aliphatic carbocycles. The van der Waals surface area contributed by atoms with Gasteiger partial charge in [0, 0.05) is 22.2 Å². The summed E-state index contributed by atoms with van der Waals surface area (Å²) in [5.41, 5.74) is 1.55. The first kappa shape index (κ1) is 15.6. The van der Waals surface area contributed by atoms with Gasteiger partial charge >= 0.3 is 0 Å². The van der Waals surface area contributed by atoms with Crippen molar-refractivity contribution in [1.82, 2.24) is 4.98 Å². The molecule has 0 bridgehead atoms. The number of benzene rings is 1. The molecule has 0 aliphatic rings. The summed E-state index contributed by atoms with van der Waals surface area (Å²) in [4.78, 5) is 15.6. The Bertz CT molecular complexity index is 609. The average Bonchev–Trinajstić information content (AvgIpc) is 2.40. The molecule has 0 spiro atoms. The second-order valence-electron chi connectivity index (χ2n) is 4.51. The molecule has 0 fully saturated rings. The smallest absolute Gasteiger partial charge is 0.225 e. The van der Waals surface area contributed by atoms with Crippen LogP contribution in [0.1, 0.15) is 19.8 Å². The van der Waals surface area contributed by atoms with Crippen LogP contribution < -0.4 is 10.6 Å². The number of amides is 1. The molecule has 0 aliphatic heterocycles. The molecule has 1 heterocycles. The number of carbonyl (C=O) groups is 1. The monoisotopic (exact) mass is 323 g/mol. The van der Waals surface area contributed by atoms with Gasteiger partial charge in [-0.3, -0.25) is 4.79 Å². The molecule has 2 aromatic rings. The summed E-state index contributed by atoms with van der Waals surface area (Å²) >= 11 is 11.9. The Balaban J connectivity index is 2.03. The number of carbonyl (C=O) groups excluding carboxylic acids is 1. The normalized spacial score (nSPS) is 10.2. The lowest BCUT2D eigenvalue weighted by molar-refractivity contribution is -0.116. The molecule has 0 radical (unpaired) electrons. The molecule has 2 rings (SSSR count). The average molecular weight is 324 g/mol. The predicted octanol–water partition coefficient (Wildman–Crippen LogP) is 4.87. The van der Waals surface area contributed by atoms with Crippen molar-refractivity contribution >= 4 is 46.3 Å². The number of hydrogen-bond acceptors (Lipinski definition) is 3. The van der Waals surface area contributed by atoms with E-state index in [-0.39, 0.29) is 5.91 Å². The van der Waals surface area contributed by atoms with E-state index < -0.39 is 0 Å². The molecular weight excluding hydrogens is 309 g/mol. The Kier molecular flexibility index (Phi) is 5.42. The first-order valence-electron chi connectivity index (χ1n) is 6.56. The summed E-state index contributed by atoms with van der Waals surface area (Å²) in [6, 6.07) is 8.76. The molecule has 1 aromatic carbocycles. The van der Waals surface area contributed by atoms with E-state index >= 15 is 0 Å². The first-order chi connectivity index (χ1) is 10.1. The van der Waals surface area contributed by atoms with E-state index in [1.807, 2.05) is 13.0 Å². The van der Waals surface area contributed by atoms with Gasteiger partial charge in [0.1, 0.15) is 5.82 Å². The SMILES string of the molecule is CCCC(=O)Nc1ccc(Nc2cc(Cl)cc(Cl)c2)cn1. The van der Waals surface area contributed by atoms with Gasteiger partial charge in [-0.05, 0) is 36.8 Å². The molecule has 1 amide bonds. The highest BCUT2D eigenvalue weighted by Crippen LogP contribution is 2.25. The van der Waals surface area contributed by atoms with Crippen molar-refractivity contribution in [2.24, 2.45) is 0 Å². The Labute approximate surface area is 133 Å². The van der Waals surface area contributed by atoms with Crippen LogP contribution in [0.25, 0.3) is 0 Å². The summed E-state index contributed by atoms with van der Waals surface area (Å²) in [6.07, 6.45) is 2.93. The van der Waals surface area contributed by atoms with Crippen LogP contribution >= 0.6 is 23.2 Å². The summed E-state index contributed by atoms with van der Waals surface area (Å²) in [6.45, 7) is 1.95. The Hall–Kier alpha value is -1.78. The van der Waals surface area contributed by atoms with E-state index in [4.69, 9.17) is 23.2 Å². The molecule has 0 saturated heterocycles. The van der Waals surface area contributed by atoms with Gasteiger partial charge in [0.05, 0.1) is 11.9 Å². The Morgan fingerprint density at radius 3 is 2.43 bits per heavy atom. The molecule has 110 valence electrons. The minimum atomic E-state index is -0.0349. The Morgan fingerprint density at radius 2 is 1.86 bits per heavy atom. The molecule has 6 heteroatoms. The molecule has 0 atom stereocenters. The van der Waals surface area contributed by atoms with E-state index in [2.05, 4.69) is 15.6 Å². The quantitative estimate of drug-likeness (QED) is 0.825. The number of aromatic nitrogens is 1. The topological polar surface area (TPSA) is 54.0 Å². The van der Waals surface area contributed by atoms with Gasteiger partial charge in [-0.1, -0.05) is 30.1 Å². The number of anilines is 3. The molecule has 0 unspecified atom stereocenters. The number of rotatable bonds is 5. The van der Waals surface area contributed by atoms with Gasteiger partial charge < -0.3 is 10.6 Å². The fraction of sp³-hybridized carbons (Fsp3) is 0.200. The van der Waals surface area contributed by atoms with Crippen molar-refractivity contribution in [3.8, 4) is 0 Å². The van der Waals surface area contributed by atoms with Crippen molar-refractivity contribution in [3.63, 3.8) is 0 Å². The van der Waals surface area contributed by atoms with Crippen LogP contribution in [-0.4, -0.2) is 10.9 Å². The van der Waals surface area contributed by atoms with E-state index in [9.17, 15) is 4.79 Å². The van der Waals surface area contributed by atoms with E-state index in [0.29, 0.717) is 22.3 Å². The maximum Gasteiger partial charge on any atom is 0.225 e. The number of nitrogens with one attached hydrogen (secondary N) is 2. The van der Waals surface area contributed by atoms with Gasteiger partial charge in [0.2, 0.25) is 5.91 Å². The van der Waals surface area contributed by atoms with E-state index in [1.165, 1.54) is 0 Å². The van der Waals surface area contributed by atoms with Gasteiger partial charge in [0.25, 0.3) is 0 Å². The number of nitrogens with zero attached hydrogens (tertiary/aromatic N) is 1. The van der Waals surface area contributed by atoms with Gasteiger partial charge in [-0.25, -0.2) is 4.98 Å². The largest absolute Gasteiger partial charge is 0.354 e. The number of pyridine rings is 1. The summed E-state index contributed by atoms with van der Waals surface area (Å²) in [7, 11) is 0. The van der Waals surface area contributed by atoms with E-state index in [0.717, 1.165) is 17.8 Å². The maximum absolute atomic E-state index is 11.5. The third-order valence-electron chi connectivity index (χ3n) is 2.66. The molecule has 1 aromatic heterocycles. The Morgan fingerprint density at radius 1 is 1.14 bits per heavy atom. The summed E-state index contributed by atoms with van der Waals surface area (Å²) < 4.78 is 0. The zero-order valence-electron chi connectivity index (χ0n) is 11.5. The van der Waals surface area contributed by atoms with Gasteiger partial charge in [-0.2, -0.15) is 0 Å². The zero-order chi connectivity index (χ0) is 15.2. The molecular formula is C15H15Cl2N3O. The van der Waals surface area contributed by atoms with Crippen molar-refractivity contribution in [1.29, 1.82) is 0 Å². The fourth-order valence-corrected chi connectivity index (χ4v) is 2.29. The summed E-state index contributed by atoms with van der Waals surface area (Å²) in [5, 5.41) is 6.99. The van der Waals surface area contributed by atoms with Gasteiger partial charge in [0.15, 0.2) is 0 Å². The van der Waals surface area contributed by atoms with Crippen LogP contribution in [0.2, 0.25) is 10.0 Å². The highest BCUT2D eigenvalue weighted by molar-refractivity contribution is 6.35. The molecule has 21 heavy (non-hydrogen) atoms. The number of halogens is 2. The minimum absolute atomic E-state index is 0.0349. The predicted molar refractivity (Wildman–Crippen MR) is 87.5 cm³/mol. The highest BCUT2D eigenvalue weighted by Gasteiger charge is 2.03. The minimum Gasteiger partial charge on any atom is -0.354 e. The highest BCUT2D eigenvalue weighted by atomic mass is 35.5. The second-order valence-corrected chi connectivity index (χ2v) is 5.39. The first-order valence-corrected chi connectivity index (χ1v) is 7.31. The third kappa shape index (κ3) is 4.92. The van der Waals surface area contributed by atoms with Crippen molar-refractivity contribution in [3.05, 3.63) is 46.6 Å². The lowest BCUT2D eigenvalue weighted by atomic mass is 10.3. The van der Waals surface area contributed by atoms with E-state index in [1.54, 1.807) is 30.5 Å². The molecule has 0 saturated carbocycles. The van der Waals surface area contributed by atoms with Crippen LogP contribution in [0.3, 0.4) is 0 Å². The third-order valence-corrected chi connectivity index (χ3v) is 3.10. The van der Waals surface area contributed by atoms with Crippen LogP contribution in [-0.2, 0) is 4.79 Å². The van der Waals surface area contributed by atoms with Crippen LogP contribution in [0, 0.1) is 0 Å². The fourth-order valence-electron chi connectivity index (χ4n) is 1.77. The summed E-state index contributed by atoms with van der Waals surface area (Å²) in [5.74, 6) is 0.496. The number of hydrogen-bond donors (Lipinski definition) is 2. The van der Waals surface area contributed by atoms with Crippen molar-refractivity contribution < 1.29 is 4.79 Å². The van der Waals surface area contributed by atoms with Crippen LogP contribution in [0.4, 0.5) is 17.2 Å². The van der Waals surface area contributed by atoms with Crippen LogP contribution in [0.5, 0.6) is 0 Å². The standard InChI is InChI=1S/C15H15Cl2N3O/c1-2-3-15(21)20-14-5-4-12(9-18-14)19-13-7-10(16)6-11(17)8-13/h4-9,19H,2-3H2,1H3,(H,18,20,21). The van der Waals surface area contributed by atoms with Crippen LogP contribution in [0.15, 0.2) is 36.5 Å². The zero-order valence-corrected chi connectivity index (χ0v) is 13.0. The van der Waals surface area contributed by atoms with Crippen molar-refractivity contribution in [2.75, 3.05) is 10.6 Å². The second kappa shape index (κ2) is 7.29. The molecule has 4 nitrogen and oxygen atoms in total. The molecule has 2 N–H and O–H groups in total. The lowest BCUT2D eigenvalue weighted by Gasteiger charge is -2.08. The van der Waals surface area contributed by atoms with Crippen molar-refractivity contribution in [2.45, 2.75) is 19.8 Å². The lowest BCUT2D eigenvalue weighted by Crippen LogP contribution is -2.11. The maximum atomic E-state index is 11.5.